The highest BCUT2D eigenvalue weighted by Gasteiger charge is 2.18. The van der Waals surface area contributed by atoms with Crippen LogP contribution in [0.25, 0.3) is 0 Å². The molecular formula is C22H20N2O3. The Hall–Kier alpha value is -3.60. The topological polar surface area (TPSA) is 67.4 Å². The Bertz CT molecular complexity index is 872. The van der Waals surface area contributed by atoms with Gasteiger partial charge in [0.2, 0.25) is 0 Å². The first-order chi connectivity index (χ1) is 13.2. The van der Waals surface area contributed by atoms with Gasteiger partial charge in [0.05, 0.1) is 24.4 Å². The van der Waals surface area contributed by atoms with Gasteiger partial charge in [0.1, 0.15) is 0 Å². The standard InChI is InChI=1S/C22H20N2O3/c1-27-21(25)18-14-8-9-15-19(18)23-22(26)24-20(16-10-4-2-5-11-16)17-12-6-3-7-13-17/h2-15,20H,1H3,(H2,23,24,26). The molecule has 0 unspecified atom stereocenters. The summed E-state index contributed by atoms with van der Waals surface area (Å²) in [7, 11) is 1.31. The molecule has 0 aromatic heterocycles. The van der Waals surface area contributed by atoms with E-state index in [0.717, 1.165) is 11.1 Å². The van der Waals surface area contributed by atoms with Crippen molar-refractivity contribution < 1.29 is 14.3 Å². The Morgan fingerprint density at radius 2 is 1.30 bits per heavy atom. The van der Waals surface area contributed by atoms with Crippen molar-refractivity contribution in [2.45, 2.75) is 6.04 Å². The third kappa shape index (κ3) is 4.52. The Labute approximate surface area is 158 Å². The van der Waals surface area contributed by atoms with Gasteiger partial charge in [-0.1, -0.05) is 72.8 Å². The lowest BCUT2D eigenvalue weighted by Crippen LogP contribution is -2.33. The number of carbonyl (C=O) groups is 2. The first-order valence-electron chi connectivity index (χ1n) is 8.54. The molecule has 0 fully saturated rings. The number of benzene rings is 3. The number of ether oxygens (including phenoxy) is 1. The van der Waals surface area contributed by atoms with E-state index in [-0.39, 0.29) is 6.04 Å². The lowest BCUT2D eigenvalue weighted by molar-refractivity contribution is 0.0602. The predicted molar refractivity (Wildman–Crippen MR) is 105 cm³/mol. The number of amides is 2. The zero-order valence-electron chi connectivity index (χ0n) is 14.9. The lowest BCUT2D eigenvalue weighted by atomic mass is 9.99. The molecule has 3 aromatic rings. The number of esters is 1. The summed E-state index contributed by atoms with van der Waals surface area (Å²) in [5.74, 6) is -0.506. The minimum absolute atomic E-state index is 0.297. The number of hydrogen-bond acceptors (Lipinski definition) is 3. The van der Waals surface area contributed by atoms with Crippen LogP contribution in [-0.2, 0) is 4.74 Å². The summed E-state index contributed by atoms with van der Waals surface area (Å²) in [5.41, 5.74) is 2.60. The summed E-state index contributed by atoms with van der Waals surface area (Å²) in [6.45, 7) is 0. The molecule has 2 N–H and O–H groups in total. The molecule has 0 heterocycles. The van der Waals surface area contributed by atoms with E-state index in [9.17, 15) is 9.59 Å². The maximum atomic E-state index is 12.7. The van der Waals surface area contributed by atoms with Crippen molar-refractivity contribution in [2.24, 2.45) is 0 Å². The molecule has 0 bridgehead atoms. The Balaban J connectivity index is 1.83. The Kier molecular flexibility index (Phi) is 5.84. The van der Waals surface area contributed by atoms with Crippen molar-refractivity contribution in [1.82, 2.24) is 5.32 Å². The van der Waals surface area contributed by atoms with Gasteiger partial charge >= 0.3 is 12.0 Å². The van der Waals surface area contributed by atoms with E-state index in [2.05, 4.69) is 10.6 Å². The monoisotopic (exact) mass is 360 g/mol. The van der Waals surface area contributed by atoms with Crippen LogP contribution in [0.5, 0.6) is 0 Å². The van der Waals surface area contributed by atoms with E-state index in [1.807, 2.05) is 60.7 Å². The number of hydrogen-bond donors (Lipinski definition) is 2. The first-order valence-corrected chi connectivity index (χ1v) is 8.54. The van der Waals surface area contributed by atoms with Crippen LogP contribution in [0.3, 0.4) is 0 Å². The Morgan fingerprint density at radius 3 is 1.85 bits per heavy atom. The molecule has 0 aliphatic heterocycles. The van der Waals surface area contributed by atoms with Gasteiger partial charge < -0.3 is 15.4 Å². The maximum absolute atomic E-state index is 12.7. The fourth-order valence-corrected chi connectivity index (χ4v) is 2.82. The number of anilines is 1. The summed E-state index contributed by atoms with van der Waals surface area (Å²) in [4.78, 5) is 24.5. The number of methoxy groups -OCH3 is 1. The molecule has 0 saturated heterocycles. The van der Waals surface area contributed by atoms with Crippen LogP contribution in [0.15, 0.2) is 84.9 Å². The van der Waals surface area contributed by atoms with Gasteiger partial charge in [-0.15, -0.1) is 0 Å². The molecule has 0 atom stereocenters. The van der Waals surface area contributed by atoms with Gasteiger partial charge in [0, 0.05) is 0 Å². The molecule has 3 aromatic carbocycles. The van der Waals surface area contributed by atoms with Crippen LogP contribution in [0.4, 0.5) is 10.5 Å². The molecule has 0 aliphatic carbocycles. The maximum Gasteiger partial charge on any atom is 0.339 e. The summed E-state index contributed by atoms with van der Waals surface area (Å²) in [6, 6.07) is 25.4. The normalized spacial score (nSPS) is 10.3. The van der Waals surface area contributed by atoms with Crippen LogP contribution in [0, 0.1) is 0 Å². The molecule has 0 aliphatic rings. The second-order valence-electron chi connectivity index (χ2n) is 5.89. The summed E-state index contributed by atoms with van der Waals surface area (Å²) >= 11 is 0. The van der Waals surface area contributed by atoms with Crippen molar-refractivity contribution in [3.8, 4) is 0 Å². The molecule has 0 radical (unpaired) electrons. The van der Waals surface area contributed by atoms with Gasteiger partial charge in [0.15, 0.2) is 0 Å². The minimum atomic E-state index is -0.506. The summed E-state index contributed by atoms with van der Waals surface area (Å²) in [5, 5.41) is 5.72. The SMILES string of the molecule is COC(=O)c1ccccc1NC(=O)NC(c1ccccc1)c1ccccc1. The van der Waals surface area contributed by atoms with Crippen molar-refractivity contribution in [2.75, 3.05) is 12.4 Å². The second kappa shape index (κ2) is 8.67. The molecular weight excluding hydrogens is 340 g/mol. The Morgan fingerprint density at radius 1 is 0.778 bits per heavy atom. The fourth-order valence-electron chi connectivity index (χ4n) is 2.82. The number of para-hydroxylation sites is 1. The molecule has 0 spiro atoms. The molecule has 5 heteroatoms. The largest absolute Gasteiger partial charge is 0.465 e. The number of urea groups is 1. The fraction of sp³-hybridized carbons (Fsp3) is 0.0909. The van der Waals surface area contributed by atoms with Gasteiger partial charge in [-0.05, 0) is 23.3 Å². The molecule has 3 rings (SSSR count). The smallest absolute Gasteiger partial charge is 0.339 e. The van der Waals surface area contributed by atoms with E-state index >= 15 is 0 Å². The van der Waals surface area contributed by atoms with Crippen molar-refractivity contribution in [3.05, 3.63) is 102 Å². The van der Waals surface area contributed by atoms with Gasteiger partial charge in [-0.2, -0.15) is 0 Å². The van der Waals surface area contributed by atoms with E-state index < -0.39 is 12.0 Å². The van der Waals surface area contributed by atoms with Crippen LogP contribution in [-0.4, -0.2) is 19.1 Å². The first kappa shape index (κ1) is 18.2. The highest BCUT2D eigenvalue weighted by molar-refractivity contribution is 6.00. The molecule has 0 saturated carbocycles. The van der Waals surface area contributed by atoms with Gasteiger partial charge in [-0.25, -0.2) is 9.59 Å². The minimum Gasteiger partial charge on any atom is -0.465 e. The molecule has 136 valence electrons. The number of rotatable bonds is 5. The number of nitrogens with one attached hydrogen (secondary N) is 2. The average molecular weight is 360 g/mol. The quantitative estimate of drug-likeness (QED) is 0.663. The third-order valence-corrected chi connectivity index (χ3v) is 4.12. The highest BCUT2D eigenvalue weighted by Crippen LogP contribution is 2.22. The van der Waals surface area contributed by atoms with E-state index in [1.165, 1.54) is 7.11 Å². The molecule has 5 nitrogen and oxygen atoms in total. The van der Waals surface area contributed by atoms with Crippen molar-refractivity contribution in [3.63, 3.8) is 0 Å². The van der Waals surface area contributed by atoms with Crippen molar-refractivity contribution in [1.29, 1.82) is 0 Å². The third-order valence-electron chi connectivity index (χ3n) is 4.12. The summed E-state index contributed by atoms with van der Waals surface area (Å²) in [6.07, 6.45) is 0. The van der Waals surface area contributed by atoms with Gasteiger partial charge in [-0.3, -0.25) is 0 Å². The van der Waals surface area contributed by atoms with Crippen molar-refractivity contribution >= 4 is 17.7 Å². The zero-order chi connectivity index (χ0) is 19.1. The molecule has 27 heavy (non-hydrogen) atoms. The van der Waals surface area contributed by atoms with Crippen LogP contribution in [0.1, 0.15) is 27.5 Å². The average Bonchev–Trinajstić information content (AvgIpc) is 2.73. The predicted octanol–water partition coefficient (Wildman–Crippen LogP) is 4.38. The van der Waals surface area contributed by atoms with E-state index in [4.69, 9.17) is 4.74 Å². The zero-order valence-corrected chi connectivity index (χ0v) is 14.9. The van der Waals surface area contributed by atoms with E-state index in [1.54, 1.807) is 24.3 Å². The van der Waals surface area contributed by atoms with E-state index in [0.29, 0.717) is 11.3 Å². The van der Waals surface area contributed by atoms with Crippen LogP contribution in [0.2, 0.25) is 0 Å². The lowest BCUT2D eigenvalue weighted by Gasteiger charge is -2.20. The van der Waals surface area contributed by atoms with Gasteiger partial charge in [0.25, 0.3) is 0 Å². The number of carbonyl (C=O) groups excluding carboxylic acids is 2. The highest BCUT2D eigenvalue weighted by atomic mass is 16.5. The van der Waals surface area contributed by atoms with Crippen LogP contribution >= 0.6 is 0 Å². The molecule has 2 amide bonds. The second-order valence-corrected chi connectivity index (χ2v) is 5.89. The summed E-state index contributed by atoms with van der Waals surface area (Å²) < 4.78 is 4.77. The van der Waals surface area contributed by atoms with Crippen LogP contribution < -0.4 is 10.6 Å².